The summed E-state index contributed by atoms with van der Waals surface area (Å²) < 4.78 is 5.95. The smallest absolute Gasteiger partial charge is 0.124 e. The zero-order valence-electron chi connectivity index (χ0n) is 15.7. The lowest BCUT2D eigenvalue weighted by Gasteiger charge is -2.43. The van der Waals surface area contributed by atoms with Crippen molar-refractivity contribution in [3.63, 3.8) is 0 Å². The van der Waals surface area contributed by atoms with Gasteiger partial charge in [-0.1, -0.05) is 18.2 Å². The van der Waals surface area contributed by atoms with Crippen molar-refractivity contribution in [1.29, 1.82) is 0 Å². The maximum Gasteiger partial charge on any atom is 0.124 e. The van der Waals surface area contributed by atoms with E-state index < -0.39 is 0 Å². The van der Waals surface area contributed by atoms with Crippen LogP contribution < -0.4 is 10.1 Å². The third-order valence-corrected chi connectivity index (χ3v) is 5.52. The molecule has 0 amide bonds. The summed E-state index contributed by atoms with van der Waals surface area (Å²) in [6.07, 6.45) is 1.65. The van der Waals surface area contributed by atoms with Gasteiger partial charge in [-0.05, 0) is 32.8 Å². The summed E-state index contributed by atoms with van der Waals surface area (Å²) in [6.45, 7) is 11.1. The van der Waals surface area contributed by atoms with Crippen molar-refractivity contribution in [1.82, 2.24) is 15.1 Å². The number of nitrogens with zero attached hydrogens (tertiary/aromatic N) is 2. The van der Waals surface area contributed by atoms with E-state index in [1.54, 1.807) is 0 Å². The van der Waals surface area contributed by atoms with Crippen molar-refractivity contribution < 1.29 is 9.84 Å². The first-order valence-electron chi connectivity index (χ1n) is 9.77. The van der Waals surface area contributed by atoms with Crippen molar-refractivity contribution >= 4 is 0 Å². The van der Waals surface area contributed by atoms with Crippen molar-refractivity contribution in [2.24, 2.45) is 0 Å². The molecule has 1 aromatic rings. The second-order valence-corrected chi connectivity index (χ2v) is 7.31. The molecule has 0 bridgehead atoms. The Morgan fingerprint density at radius 3 is 2.72 bits per heavy atom. The molecule has 2 atom stereocenters. The van der Waals surface area contributed by atoms with E-state index in [1.165, 1.54) is 5.56 Å². The summed E-state index contributed by atoms with van der Waals surface area (Å²) in [5.74, 6) is 1.01. The number of rotatable bonds is 6. The summed E-state index contributed by atoms with van der Waals surface area (Å²) >= 11 is 0. The lowest BCUT2D eigenvalue weighted by atomic mass is 9.99. The lowest BCUT2D eigenvalue weighted by molar-refractivity contribution is 0.0452. The summed E-state index contributed by atoms with van der Waals surface area (Å²) in [5, 5.41) is 13.3. The van der Waals surface area contributed by atoms with Crippen LogP contribution in [0.3, 0.4) is 0 Å². The average molecular weight is 348 g/mol. The van der Waals surface area contributed by atoms with Gasteiger partial charge in [-0.2, -0.15) is 0 Å². The number of piperazine rings is 1. The molecule has 2 aliphatic rings. The lowest BCUT2D eigenvalue weighted by Crippen LogP contribution is -2.53. The molecule has 2 heterocycles. The molecule has 2 unspecified atom stereocenters. The van der Waals surface area contributed by atoms with Crippen LogP contribution in [0.1, 0.15) is 38.3 Å². The molecule has 2 N–H and O–H groups in total. The van der Waals surface area contributed by atoms with E-state index in [9.17, 15) is 5.11 Å². The number of nitrogens with one attached hydrogen (secondary N) is 1. The predicted molar refractivity (Wildman–Crippen MR) is 101 cm³/mol. The van der Waals surface area contributed by atoms with E-state index in [1.807, 2.05) is 6.92 Å². The topological polar surface area (TPSA) is 48.0 Å². The molecular formula is C20H33N3O2. The first kappa shape index (κ1) is 18.6. The van der Waals surface area contributed by atoms with Crippen LogP contribution in [0.25, 0.3) is 0 Å². The van der Waals surface area contributed by atoms with Crippen molar-refractivity contribution in [3.8, 4) is 5.75 Å². The second-order valence-electron chi connectivity index (χ2n) is 7.31. The van der Waals surface area contributed by atoms with Gasteiger partial charge in [-0.15, -0.1) is 0 Å². The Labute approximate surface area is 152 Å². The van der Waals surface area contributed by atoms with Crippen LogP contribution in [-0.2, 0) is 0 Å². The molecule has 0 spiro atoms. The molecule has 5 heteroatoms. The van der Waals surface area contributed by atoms with E-state index in [2.05, 4.69) is 46.3 Å². The Morgan fingerprint density at radius 2 is 2.00 bits per heavy atom. The van der Waals surface area contributed by atoms with E-state index in [0.717, 1.165) is 57.9 Å². The van der Waals surface area contributed by atoms with Gasteiger partial charge in [-0.25, -0.2) is 0 Å². The van der Waals surface area contributed by atoms with E-state index in [4.69, 9.17) is 4.74 Å². The van der Waals surface area contributed by atoms with E-state index in [-0.39, 0.29) is 6.10 Å². The summed E-state index contributed by atoms with van der Waals surface area (Å²) in [4.78, 5) is 5.13. The number of benzene rings is 1. The molecule has 2 saturated heterocycles. The number of hydrogen-bond donors (Lipinski definition) is 2. The Balaban J connectivity index is 1.83. The maximum absolute atomic E-state index is 9.82. The Bertz CT molecular complexity index is 531. The molecule has 0 radical (unpaired) electrons. The third kappa shape index (κ3) is 4.73. The zero-order valence-corrected chi connectivity index (χ0v) is 15.7. The maximum atomic E-state index is 9.82. The quantitative estimate of drug-likeness (QED) is 0.823. The Morgan fingerprint density at radius 1 is 1.24 bits per heavy atom. The number of aliphatic hydroxyl groups excluding tert-OH is 1. The molecule has 2 aliphatic heterocycles. The van der Waals surface area contributed by atoms with Gasteiger partial charge in [0, 0.05) is 50.9 Å². The van der Waals surface area contributed by atoms with Gasteiger partial charge < -0.3 is 20.1 Å². The van der Waals surface area contributed by atoms with Gasteiger partial charge in [0.05, 0.1) is 18.8 Å². The highest BCUT2D eigenvalue weighted by atomic mass is 16.5. The minimum Gasteiger partial charge on any atom is -0.494 e. The minimum atomic E-state index is -0.122. The van der Waals surface area contributed by atoms with Gasteiger partial charge in [0.1, 0.15) is 5.75 Å². The van der Waals surface area contributed by atoms with Crippen molar-refractivity contribution in [2.45, 2.75) is 44.9 Å². The van der Waals surface area contributed by atoms with Gasteiger partial charge in [0.2, 0.25) is 0 Å². The molecule has 5 nitrogen and oxygen atoms in total. The van der Waals surface area contributed by atoms with Crippen LogP contribution in [0, 0.1) is 0 Å². The summed E-state index contributed by atoms with van der Waals surface area (Å²) in [6, 6.07) is 9.34. The standard InChI is InChI=1S/C20H33N3O2/c1-3-25-20-7-5-4-6-18(20)19(23-13-10-21-14-16(23)2)15-22-11-8-17(24)9-12-22/h4-7,16-17,19,21,24H,3,8-15H2,1-2H3. The zero-order chi connectivity index (χ0) is 17.6. The third-order valence-electron chi connectivity index (χ3n) is 5.52. The van der Waals surface area contributed by atoms with Crippen LogP contribution in [-0.4, -0.2) is 72.9 Å². The van der Waals surface area contributed by atoms with Crippen molar-refractivity contribution in [3.05, 3.63) is 29.8 Å². The molecule has 1 aromatic carbocycles. The molecule has 0 aromatic heterocycles. The molecule has 3 rings (SSSR count). The van der Waals surface area contributed by atoms with Crippen molar-refractivity contribution in [2.75, 3.05) is 45.9 Å². The van der Waals surface area contributed by atoms with Gasteiger partial charge in [-0.3, -0.25) is 4.90 Å². The number of para-hydroxylation sites is 1. The molecule has 0 saturated carbocycles. The monoisotopic (exact) mass is 347 g/mol. The highest BCUT2D eigenvalue weighted by Gasteiger charge is 2.31. The van der Waals surface area contributed by atoms with Crippen LogP contribution in [0.15, 0.2) is 24.3 Å². The SMILES string of the molecule is CCOc1ccccc1C(CN1CCC(O)CC1)N1CCNCC1C. The fourth-order valence-electron chi connectivity index (χ4n) is 4.09. The van der Waals surface area contributed by atoms with E-state index in [0.29, 0.717) is 18.7 Å². The summed E-state index contributed by atoms with van der Waals surface area (Å²) in [5.41, 5.74) is 1.30. The highest BCUT2D eigenvalue weighted by Crippen LogP contribution is 2.32. The van der Waals surface area contributed by atoms with Gasteiger partial charge in [0.25, 0.3) is 0 Å². The number of likely N-dealkylation sites (tertiary alicyclic amines) is 1. The minimum absolute atomic E-state index is 0.122. The average Bonchev–Trinajstić information content (AvgIpc) is 2.63. The number of ether oxygens (including phenoxy) is 1. The fraction of sp³-hybridized carbons (Fsp3) is 0.700. The largest absolute Gasteiger partial charge is 0.494 e. The normalized spacial score (nSPS) is 25.0. The Kier molecular flexibility index (Phi) is 6.70. The van der Waals surface area contributed by atoms with Gasteiger partial charge in [0.15, 0.2) is 0 Å². The first-order chi connectivity index (χ1) is 12.2. The molecule has 25 heavy (non-hydrogen) atoms. The number of hydrogen-bond acceptors (Lipinski definition) is 5. The van der Waals surface area contributed by atoms with Crippen LogP contribution in [0.4, 0.5) is 0 Å². The van der Waals surface area contributed by atoms with Crippen LogP contribution in [0.5, 0.6) is 5.75 Å². The molecular weight excluding hydrogens is 314 g/mol. The number of aliphatic hydroxyl groups is 1. The fourth-order valence-corrected chi connectivity index (χ4v) is 4.09. The summed E-state index contributed by atoms with van der Waals surface area (Å²) in [7, 11) is 0. The Hall–Kier alpha value is -1.14. The highest BCUT2D eigenvalue weighted by molar-refractivity contribution is 5.36. The second kappa shape index (κ2) is 8.99. The molecule has 0 aliphatic carbocycles. The number of piperidine rings is 1. The van der Waals surface area contributed by atoms with Crippen LogP contribution in [0.2, 0.25) is 0 Å². The van der Waals surface area contributed by atoms with E-state index >= 15 is 0 Å². The molecule has 140 valence electrons. The van der Waals surface area contributed by atoms with Crippen LogP contribution >= 0.6 is 0 Å². The predicted octanol–water partition coefficient (Wildman–Crippen LogP) is 1.88. The van der Waals surface area contributed by atoms with Gasteiger partial charge >= 0.3 is 0 Å². The molecule has 2 fully saturated rings. The first-order valence-corrected chi connectivity index (χ1v) is 9.77.